The van der Waals surface area contributed by atoms with Crippen molar-refractivity contribution >= 4 is 17.9 Å². The van der Waals surface area contributed by atoms with Crippen molar-refractivity contribution in [2.24, 2.45) is 0 Å². The summed E-state index contributed by atoms with van der Waals surface area (Å²) in [6, 6.07) is 0. The lowest BCUT2D eigenvalue weighted by molar-refractivity contribution is -0.167. The lowest BCUT2D eigenvalue weighted by Crippen LogP contribution is -2.30. The molecule has 0 aliphatic heterocycles. The van der Waals surface area contributed by atoms with Crippen LogP contribution in [-0.4, -0.2) is 37.2 Å². The quantitative estimate of drug-likeness (QED) is 0.0261. The summed E-state index contributed by atoms with van der Waals surface area (Å²) in [5.41, 5.74) is 0. The maximum atomic E-state index is 12.9. The molecule has 0 spiro atoms. The van der Waals surface area contributed by atoms with Crippen LogP contribution in [0, 0.1) is 0 Å². The van der Waals surface area contributed by atoms with Gasteiger partial charge in [-0.15, -0.1) is 0 Å². The molecule has 6 nitrogen and oxygen atoms in total. The highest BCUT2D eigenvalue weighted by Crippen LogP contribution is 2.17. The van der Waals surface area contributed by atoms with Crippen LogP contribution in [0.4, 0.5) is 0 Å². The van der Waals surface area contributed by atoms with Crippen LogP contribution in [0.25, 0.3) is 0 Å². The normalized spacial score (nSPS) is 12.5. The highest BCUT2D eigenvalue weighted by molar-refractivity contribution is 5.71. The van der Waals surface area contributed by atoms with Crippen LogP contribution < -0.4 is 0 Å². The molecule has 0 saturated carbocycles. The van der Waals surface area contributed by atoms with Gasteiger partial charge in [0, 0.05) is 19.3 Å². The van der Waals surface area contributed by atoms with Crippen LogP contribution in [0.1, 0.15) is 329 Å². The molecule has 6 heteroatoms. The third kappa shape index (κ3) is 61.6. The van der Waals surface area contributed by atoms with Crippen molar-refractivity contribution in [2.75, 3.05) is 13.2 Å². The Bertz CT molecular complexity index is 1390. The van der Waals surface area contributed by atoms with E-state index in [9.17, 15) is 14.4 Å². The minimum absolute atomic E-state index is 0.0831. The average Bonchev–Trinajstić information content (AvgIpc) is 3.41. The molecule has 0 aromatic carbocycles. The topological polar surface area (TPSA) is 78.9 Å². The second-order valence-corrected chi connectivity index (χ2v) is 21.6. The number of allylic oxidation sites excluding steroid dienone is 12. The van der Waals surface area contributed by atoms with Gasteiger partial charge in [0.1, 0.15) is 13.2 Å². The van der Waals surface area contributed by atoms with Crippen molar-refractivity contribution < 1.29 is 28.6 Å². The highest BCUT2D eigenvalue weighted by Gasteiger charge is 2.19. The van der Waals surface area contributed by atoms with Crippen LogP contribution in [0.5, 0.6) is 0 Å². The number of hydrogen-bond donors (Lipinski definition) is 0. The molecule has 434 valence electrons. The van der Waals surface area contributed by atoms with E-state index in [-0.39, 0.29) is 31.1 Å². The van der Waals surface area contributed by atoms with E-state index in [2.05, 4.69) is 93.7 Å². The Morgan fingerprint density at radius 1 is 0.280 bits per heavy atom. The third-order valence-corrected chi connectivity index (χ3v) is 14.2. The van der Waals surface area contributed by atoms with Crippen molar-refractivity contribution in [3.05, 3.63) is 72.9 Å². The fourth-order valence-electron chi connectivity index (χ4n) is 9.35. The van der Waals surface area contributed by atoms with Gasteiger partial charge in [-0.3, -0.25) is 14.4 Å². The minimum Gasteiger partial charge on any atom is -0.462 e. The summed E-state index contributed by atoms with van der Waals surface area (Å²) >= 11 is 0. The van der Waals surface area contributed by atoms with Crippen molar-refractivity contribution in [1.29, 1.82) is 0 Å². The average molecular weight is 1050 g/mol. The molecule has 0 aromatic heterocycles. The smallest absolute Gasteiger partial charge is 0.306 e. The molecule has 75 heavy (non-hydrogen) atoms. The largest absolute Gasteiger partial charge is 0.462 e. The van der Waals surface area contributed by atoms with Crippen molar-refractivity contribution in [3.63, 3.8) is 0 Å². The predicted octanol–water partition coefficient (Wildman–Crippen LogP) is 22.1. The van der Waals surface area contributed by atoms with E-state index in [0.29, 0.717) is 19.3 Å². The van der Waals surface area contributed by atoms with E-state index in [0.717, 1.165) is 116 Å². The molecule has 1 unspecified atom stereocenters. The first kappa shape index (κ1) is 71.8. The number of carbonyl (C=O) groups excluding carboxylic acids is 3. The van der Waals surface area contributed by atoms with Crippen LogP contribution in [0.15, 0.2) is 72.9 Å². The highest BCUT2D eigenvalue weighted by atomic mass is 16.6. The van der Waals surface area contributed by atoms with Gasteiger partial charge < -0.3 is 14.2 Å². The van der Waals surface area contributed by atoms with Gasteiger partial charge >= 0.3 is 17.9 Å². The van der Waals surface area contributed by atoms with E-state index in [4.69, 9.17) is 14.2 Å². The Morgan fingerprint density at radius 2 is 0.520 bits per heavy atom. The second-order valence-electron chi connectivity index (χ2n) is 21.6. The number of unbranched alkanes of at least 4 members (excludes halogenated alkanes) is 36. The van der Waals surface area contributed by atoms with Crippen molar-refractivity contribution in [2.45, 2.75) is 335 Å². The second kappa shape index (κ2) is 63.4. The van der Waals surface area contributed by atoms with Gasteiger partial charge in [0.15, 0.2) is 6.10 Å². The van der Waals surface area contributed by atoms with Gasteiger partial charge in [-0.2, -0.15) is 0 Å². The van der Waals surface area contributed by atoms with Gasteiger partial charge in [0.2, 0.25) is 0 Å². The maximum Gasteiger partial charge on any atom is 0.306 e. The summed E-state index contributed by atoms with van der Waals surface area (Å²) < 4.78 is 16.9. The maximum absolute atomic E-state index is 12.9. The molecule has 0 aromatic rings. The van der Waals surface area contributed by atoms with Gasteiger partial charge in [-0.05, 0) is 89.9 Å². The van der Waals surface area contributed by atoms with Crippen LogP contribution in [0.3, 0.4) is 0 Å². The zero-order chi connectivity index (χ0) is 54.3. The number of carbonyl (C=O) groups is 3. The molecule has 0 rings (SSSR count). The first-order valence-electron chi connectivity index (χ1n) is 32.4. The first-order chi connectivity index (χ1) is 37.0. The molecule has 1 atom stereocenters. The molecule has 0 amide bonds. The Kier molecular flexibility index (Phi) is 60.7. The molecule has 0 radical (unpaired) electrons. The molecule has 0 aliphatic carbocycles. The molecule has 0 saturated heterocycles. The number of rotatable bonds is 59. The van der Waals surface area contributed by atoms with Gasteiger partial charge in [0.05, 0.1) is 0 Å². The van der Waals surface area contributed by atoms with E-state index >= 15 is 0 Å². The summed E-state index contributed by atoms with van der Waals surface area (Å²) in [5.74, 6) is -0.894. The van der Waals surface area contributed by atoms with Crippen LogP contribution in [0.2, 0.25) is 0 Å². The predicted molar refractivity (Wildman–Crippen MR) is 325 cm³/mol. The number of esters is 3. The fraction of sp³-hybridized carbons (Fsp3) is 0.783. The first-order valence-corrected chi connectivity index (χ1v) is 32.4. The standard InChI is InChI=1S/C69H122O6/c1-4-7-10-13-16-19-22-25-28-30-32-34-36-37-39-41-44-47-50-53-56-59-62-68(71)74-65-66(64-73-67(70)61-58-55-52-49-46-43-27-24-21-18-15-12-9-6-3)75-69(72)63-60-57-54-51-48-45-42-40-38-35-33-31-29-26-23-20-17-14-11-8-5-2/h8,11,17,20,24,26-27,29,33,35,40,42,66H,4-7,9-10,12-16,18-19,21-23,25,28,30-32,34,36-39,41,43-65H2,1-3H3/b11-8-,20-17-,27-24-,29-26-,35-33-,42-40-. The number of hydrogen-bond acceptors (Lipinski definition) is 6. The molecule has 0 bridgehead atoms. The molecule has 0 heterocycles. The van der Waals surface area contributed by atoms with Crippen molar-refractivity contribution in [3.8, 4) is 0 Å². The zero-order valence-electron chi connectivity index (χ0n) is 49.8. The van der Waals surface area contributed by atoms with Gasteiger partial charge in [0.25, 0.3) is 0 Å². The van der Waals surface area contributed by atoms with E-state index in [1.807, 2.05) is 0 Å². The molecular formula is C69H122O6. The van der Waals surface area contributed by atoms with Crippen molar-refractivity contribution in [1.82, 2.24) is 0 Å². The molecule has 0 fully saturated rings. The fourth-order valence-corrected chi connectivity index (χ4v) is 9.35. The van der Waals surface area contributed by atoms with Crippen LogP contribution in [-0.2, 0) is 28.6 Å². The Hall–Kier alpha value is -3.15. The monoisotopic (exact) mass is 1050 g/mol. The lowest BCUT2D eigenvalue weighted by Gasteiger charge is -2.18. The molecule has 0 N–H and O–H groups in total. The zero-order valence-corrected chi connectivity index (χ0v) is 49.8. The minimum atomic E-state index is -0.789. The summed E-state index contributed by atoms with van der Waals surface area (Å²) in [4.78, 5) is 38.3. The van der Waals surface area contributed by atoms with Gasteiger partial charge in [-0.1, -0.05) is 293 Å². The summed E-state index contributed by atoms with van der Waals surface area (Å²) in [6.07, 6.45) is 81.9. The summed E-state index contributed by atoms with van der Waals surface area (Å²) in [7, 11) is 0. The summed E-state index contributed by atoms with van der Waals surface area (Å²) in [6.45, 7) is 6.54. The van der Waals surface area contributed by atoms with E-state index in [1.165, 1.54) is 173 Å². The number of ether oxygens (including phenoxy) is 3. The van der Waals surface area contributed by atoms with Gasteiger partial charge in [-0.25, -0.2) is 0 Å². The van der Waals surface area contributed by atoms with Crippen LogP contribution >= 0.6 is 0 Å². The third-order valence-electron chi connectivity index (χ3n) is 14.2. The SMILES string of the molecule is CC/C=C\C/C=C\C/C=C\C/C=C\C/C=C\CCCCCCCC(=O)OC(COC(=O)CCCCCCC/C=C\CCCCCCC)COC(=O)CCCCCCCCCCCCCCCCCCCCCCCC. The Morgan fingerprint density at radius 3 is 0.827 bits per heavy atom. The molecular weight excluding hydrogens is 925 g/mol. The Labute approximate surface area is 465 Å². The summed E-state index contributed by atoms with van der Waals surface area (Å²) in [5, 5.41) is 0. The molecule has 0 aliphatic rings. The van der Waals surface area contributed by atoms with E-state index < -0.39 is 6.10 Å². The Balaban J connectivity index is 4.36. The van der Waals surface area contributed by atoms with E-state index in [1.54, 1.807) is 0 Å². The lowest BCUT2D eigenvalue weighted by atomic mass is 10.0.